The molecule has 0 fully saturated rings. The second-order valence-electron chi connectivity index (χ2n) is 4.63. The second-order valence-corrected chi connectivity index (χ2v) is 7.43. The van der Waals surface area contributed by atoms with E-state index in [1.54, 1.807) is 12.1 Å². The molecule has 2 nitrogen and oxygen atoms in total. The van der Waals surface area contributed by atoms with Crippen molar-refractivity contribution in [2.45, 2.75) is 16.8 Å². The van der Waals surface area contributed by atoms with Crippen LogP contribution in [0, 0.1) is 0 Å². The largest absolute Gasteiger partial charge is 0.494 e. The zero-order valence-corrected chi connectivity index (χ0v) is 14.8. The molecule has 0 saturated heterocycles. The van der Waals surface area contributed by atoms with Gasteiger partial charge < -0.3 is 10.1 Å². The maximum atomic E-state index is 6.12. The summed E-state index contributed by atoms with van der Waals surface area (Å²) in [4.78, 5) is 0. The minimum absolute atomic E-state index is 0.507. The molecule has 2 rings (SSSR count). The van der Waals surface area contributed by atoms with Gasteiger partial charge in [-0.05, 0) is 48.9 Å². The van der Waals surface area contributed by atoms with Gasteiger partial charge in [0.1, 0.15) is 5.75 Å². The molecule has 0 saturated carbocycles. The number of benzene rings is 2. The van der Waals surface area contributed by atoms with Gasteiger partial charge in [0.25, 0.3) is 0 Å². The fraction of sp³-hybridized carbons (Fsp3) is 0.250. The zero-order chi connectivity index (χ0) is 16.2. The van der Waals surface area contributed by atoms with Gasteiger partial charge in [-0.1, -0.05) is 58.5 Å². The molecule has 0 bridgehead atoms. The van der Waals surface area contributed by atoms with Gasteiger partial charge in [-0.2, -0.15) is 0 Å². The molecule has 0 aliphatic heterocycles. The van der Waals surface area contributed by atoms with E-state index in [9.17, 15) is 0 Å². The Balaban J connectivity index is 2.22. The summed E-state index contributed by atoms with van der Waals surface area (Å²) in [6.07, 6.45) is 0. The average Bonchev–Trinajstić information content (AvgIpc) is 2.47. The Kier molecular flexibility index (Phi) is 6.10. The van der Waals surface area contributed by atoms with E-state index >= 15 is 0 Å². The van der Waals surface area contributed by atoms with Gasteiger partial charge in [-0.15, -0.1) is 0 Å². The van der Waals surface area contributed by atoms with Crippen LogP contribution in [0.3, 0.4) is 0 Å². The first-order valence-electron chi connectivity index (χ1n) is 6.71. The minimum Gasteiger partial charge on any atom is -0.494 e. The molecule has 0 heterocycles. The number of hydrogen-bond donors (Lipinski definition) is 1. The van der Waals surface area contributed by atoms with E-state index in [-0.39, 0.29) is 0 Å². The zero-order valence-electron chi connectivity index (χ0n) is 11.8. The summed E-state index contributed by atoms with van der Waals surface area (Å²) in [6, 6.07) is 14.2. The average molecular weight is 379 g/mol. The number of alkyl halides is 3. The van der Waals surface area contributed by atoms with Crippen molar-refractivity contribution in [1.29, 1.82) is 0 Å². The topological polar surface area (TPSA) is 21.3 Å². The molecule has 2 aromatic rings. The van der Waals surface area contributed by atoms with Crippen molar-refractivity contribution in [2.24, 2.45) is 0 Å². The quantitative estimate of drug-likeness (QED) is 0.619. The van der Waals surface area contributed by atoms with E-state index < -0.39 is 9.83 Å². The van der Waals surface area contributed by atoms with Crippen molar-refractivity contribution in [3.05, 3.63) is 59.1 Å². The first-order chi connectivity index (χ1) is 10.4. The van der Waals surface area contributed by atoms with Crippen LogP contribution in [0.5, 0.6) is 5.75 Å². The fourth-order valence-corrected chi connectivity index (χ4v) is 2.66. The second kappa shape index (κ2) is 7.65. The van der Waals surface area contributed by atoms with Gasteiger partial charge in [-0.3, -0.25) is 0 Å². The van der Waals surface area contributed by atoms with Crippen LogP contribution in [-0.4, -0.2) is 10.4 Å². The van der Waals surface area contributed by atoms with Gasteiger partial charge in [0.05, 0.1) is 12.6 Å². The maximum absolute atomic E-state index is 6.12. The Morgan fingerprint density at radius 3 is 2.09 bits per heavy atom. The standard InChI is InChI=1S/C16H15Cl4NO/c1-2-22-14-9-7-13(8-10-14)21-15(16(18,19)20)11-3-5-12(17)6-4-11/h3-10,15,21H,2H2,1H3. The van der Waals surface area contributed by atoms with Crippen LogP contribution in [0.4, 0.5) is 5.69 Å². The SMILES string of the molecule is CCOc1ccc(NC(c2ccc(Cl)cc2)C(Cl)(Cl)Cl)cc1. The first kappa shape index (κ1) is 17.6. The molecular weight excluding hydrogens is 364 g/mol. The third-order valence-corrected chi connectivity index (χ3v) is 3.91. The van der Waals surface area contributed by atoms with Crippen molar-refractivity contribution in [1.82, 2.24) is 0 Å². The highest BCUT2D eigenvalue weighted by Gasteiger charge is 2.33. The van der Waals surface area contributed by atoms with Gasteiger partial charge >= 0.3 is 0 Å². The monoisotopic (exact) mass is 377 g/mol. The molecule has 0 amide bonds. The lowest BCUT2D eigenvalue weighted by Crippen LogP contribution is -2.25. The molecular formula is C16H15Cl4NO. The number of halogens is 4. The molecule has 0 aliphatic rings. The highest BCUT2D eigenvalue weighted by Crippen LogP contribution is 2.42. The summed E-state index contributed by atoms with van der Waals surface area (Å²) >= 11 is 24.2. The molecule has 6 heteroatoms. The van der Waals surface area contributed by atoms with Crippen LogP contribution in [0.25, 0.3) is 0 Å². The molecule has 0 aliphatic carbocycles. The summed E-state index contributed by atoms with van der Waals surface area (Å²) in [5.41, 5.74) is 1.66. The summed E-state index contributed by atoms with van der Waals surface area (Å²) in [6.45, 7) is 2.56. The number of anilines is 1. The summed E-state index contributed by atoms with van der Waals surface area (Å²) in [7, 11) is 0. The lowest BCUT2D eigenvalue weighted by Gasteiger charge is -2.27. The number of nitrogens with one attached hydrogen (secondary N) is 1. The van der Waals surface area contributed by atoms with Crippen molar-refractivity contribution in [2.75, 3.05) is 11.9 Å². The van der Waals surface area contributed by atoms with Gasteiger partial charge in [0, 0.05) is 10.7 Å². The van der Waals surface area contributed by atoms with Gasteiger partial charge in [0.2, 0.25) is 3.79 Å². The van der Waals surface area contributed by atoms with Crippen LogP contribution in [-0.2, 0) is 0 Å². The molecule has 0 spiro atoms. The first-order valence-corrected chi connectivity index (χ1v) is 8.23. The maximum Gasteiger partial charge on any atom is 0.214 e. The third-order valence-electron chi connectivity index (χ3n) is 3.01. The lowest BCUT2D eigenvalue weighted by molar-refractivity contribution is 0.340. The van der Waals surface area contributed by atoms with E-state index in [1.165, 1.54) is 0 Å². The number of ether oxygens (including phenoxy) is 1. The van der Waals surface area contributed by atoms with Gasteiger partial charge in [-0.25, -0.2) is 0 Å². The van der Waals surface area contributed by atoms with E-state index in [0.717, 1.165) is 17.0 Å². The molecule has 1 atom stereocenters. The van der Waals surface area contributed by atoms with E-state index in [0.29, 0.717) is 11.6 Å². The highest BCUT2D eigenvalue weighted by atomic mass is 35.6. The van der Waals surface area contributed by atoms with Crippen LogP contribution in [0.2, 0.25) is 5.02 Å². The van der Waals surface area contributed by atoms with Crippen LogP contribution >= 0.6 is 46.4 Å². The Bertz CT molecular complexity index is 593. The lowest BCUT2D eigenvalue weighted by atomic mass is 10.1. The van der Waals surface area contributed by atoms with Crippen molar-refractivity contribution in [3.63, 3.8) is 0 Å². The Labute approximate surface area is 150 Å². The molecule has 2 aromatic carbocycles. The normalized spacial score (nSPS) is 12.8. The fourth-order valence-electron chi connectivity index (χ4n) is 1.99. The summed E-state index contributed by atoms with van der Waals surface area (Å²) < 4.78 is 3.90. The Morgan fingerprint density at radius 1 is 1.00 bits per heavy atom. The summed E-state index contributed by atoms with van der Waals surface area (Å²) in [5.74, 6) is 0.796. The Morgan fingerprint density at radius 2 is 1.59 bits per heavy atom. The van der Waals surface area contributed by atoms with Crippen LogP contribution in [0.1, 0.15) is 18.5 Å². The van der Waals surface area contributed by atoms with Crippen molar-refractivity contribution >= 4 is 52.1 Å². The van der Waals surface area contributed by atoms with E-state index in [2.05, 4.69) is 5.32 Å². The third kappa shape index (κ3) is 4.85. The smallest absolute Gasteiger partial charge is 0.214 e. The number of rotatable bonds is 5. The minimum atomic E-state index is -1.51. The summed E-state index contributed by atoms with van der Waals surface area (Å²) in [5, 5.41) is 3.86. The Hall–Kier alpha value is -0.800. The molecule has 22 heavy (non-hydrogen) atoms. The molecule has 1 N–H and O–H groups in total. The van der Waals surface area contributed by atoms with Crippen LogP contribution in [0.15, 0.2) is 48.5 Å². The van der Waals surface area contributed by atoms with E-state index in [1.807, 2.05) is 43.3 Å². The van der Waals surface area contributed by atoms with Crippen molar-refractivity contribution in [3.8, 4) is 5.75 Å². The predicted molar refractivity (Wildman–Crippen MR) is 95.7 cm³/mol. The molecule has 118 valence electrons. The van der Waals surface area contributed by atoms with Crippen molar-refractivity contribution < 1.29 is 4.74 Å². The molecule has 0 aromatic heterocycles. The predicted octanol–water partition coefficient (Wildman–Crippen LogP) is 6.26. The van der Waals surface area contributed by atoms with Gasteiger partial charge in [0.15, 0.2) is 0 Å². The highest BCUT2D eigenvalue weighted by molar-refractivity contribution is 6.68. The van der Waals surface area contributed by atoms with Crippen LogP contribution < -0.4 is 10.1 Å². The number of hydrogen-bond acceptors (Lipinski definition) is 2. The molecule has 1 unspecified atom stereocenters. The van der Waals surface area contributed by atoms with E-state index in [4.69, 9.17) is 51.1 Å². The molecule has 0 radical (unpaired) electrons.